The van der Waals surface area contributed by atoms with Crippen LogP contribution in [0.15, 0.2) is 36.4 Å². The molecule has 1 heterocycles. The lowest BCUT2D eigenvalue weighted by Crippen LogP contribution is -2.54. The van der Waals surface area contributed by atoms with Crippen molar-refractivity contribution in [1.29, 1.82) is 0 Å². The molecule has 0 saturated carbocycles. The summed E-state index contributed by atoms with van der Waals surface area (Å²) in [6.45, 7) is 6.88. The molecule has 31 heavy (non-hydrogen) atoms. The van der Waals surface area contributed by atoms with Gasteiger partial charge in [0.05, 0.1) is 18.4 Å². The molecule has 0 unspecified atom stereocenters. The molecule has 1 saturated heterocycles. The van der Waals surface area contributed by atoms with Gasteiger partial charge in [-0.15, -0.1) is 0 Å². The molecule has 1 aliphatic heterocycles. The molecular formula is C24H31ClN2O4. The average Bonchev–Trinajstić information content (AvgIpc) is 2.74. The number of allylic oxidation sites excluding steroid dienone is 2. The predicted molar refractivity (Wildman–Crippen MR) is 119 cm³/mol. The molecule has 1 aromatic rings. The largest absolute Gasteiger partial charge is 0.464 e. The molecule has 3 rings (SSSR count). The van der Waals surface area contributed by atoms with Crippen molar-refractivity contribution >= 4 is 29.4 Å². The third-order valence-corrected chi connectivity index (χ3v) is 6.38. The number of esters is 1. The maximum absolute atomic E-state index is 13.4. The molecule has 0 spiro atoms. The average molecular weight is 447 g/mol. The number of hydrogen-bond donors (Lipinski definition) is 1. The predicted octanol–water partition coefficient (Wildman–Crippen LogP) is 3.58. The van der Waals surface area contributed by atoms with Crippen LogP contribution in [0.3, 0.4) is 0 Å². The van der Waals surface area contributed by atoms with Gasteiger partial charge in [0.2, 0.25) is 11.8 Å². The van der Waals surface area contributed by atoms with Crippen LogP contribution in [0.25, 0.3) is 0 Å². The monoisotopic (exact) mass is 446 g/mol. The van der Waals surface area contributed by atoms with E-state index in [9.17, 15) is 14.4 Å². The number of nitrogens with one attached hydrogen (secondary N) is 1. The first-order chi connectivity index (χ1) is 14.8. The Morgan fingerprint density at radius 1 is 1.26 bits per heavy atom. The van der Waals surface area contributed by atoms with E-state index in [-0.39, 0.29) is 30.3 Å². The number of carbonyl (C=O) groups excluding carboxylic acids is 3. The Hall–Kier alpha value is -2.34. The number of ether oxygens (including phenoxy) is 1. The van der Waals surface area contributed by atoms with E-state index >= 15 is 0 Å². The molecule has 2 amide bonds. The highest BCUT2D eigenvalue weighted by atomic mass is 35.5. The molecule has 168 valence electrons. The smallest absolute Gasteiger partial charge is 0.328 e. The van der Waals surface area contributed by atoms with Crippen molar-refractivity contribution in [1.82, 2.24) is 10.2 Å². The summed E-state index contributed by atoms with van der Waals surface area (Å²) >= 11 is 5.97. The van der Waals surface area contributed by atoms with E-state index in [4.69, 9.17) is 16.3 Å². The number of benzene rings is 1. The van der Waals surface area contributed by atoms with Crippen molar-refractivity contribution in [2.24, 2.45) is 23.7 Å². The topological polar surface area (TPSA) is 75.7 Å². The number of piperidine rings is 1. The van der Waals surface area contributed by atoms with Crippen LogP contribution in [0, 0.1) is 23.7 Å². The standard InChI is InChI=1S/C24H31ClN2O4/c1-4-31-24(30)21(15(2)3)26-22(28)19-7-5-6-17-12-13-27(23(29)20(17)19)14-16-8-10-18(25)11-9-16/h5-6,8-11,15,17,19-21H,4,7,12-14H2,1-3H3,(H,26,28)/t17-,19-,20+,21+/m1/s1. The fraction of sp³-hybridized carbons (Fsp3) is 0.542. The van der Waals surface area contributed by atoms with E-state index in [0.717, 1.165) is 12.0 Å². The minimum atomic E-state index is -0.722. The number of fused-ring (bicyclic) bond motifs is 1. The maximum Gasteiger partial charge on any atom is 0.328 e. The fourth-order valence-corrected chi connectivity index (χ4v) is 4.57. The van der Waals surface area contributed by atoms with Gasteiger partial charge in [0.15, 0.2) is 0 Å². The minimum Gasteiger partial charge on any atom is -0.464 e. The molecule has 4 atom stereocenters. The lowest BCUT2D eigenvalue weighted by atomic mass is 9.71. The molecule has 6 nitrogen and oxygen atoms in total. The molecule has 7 heteroatoms. The third kappa shape index (κ3) is 5.48. The molecule has 1 N–H and O–H groups in total. The van der Waals surface area contributed by atoms with E-state index in [2.05, 4.69) is 11.4 Å². The van der Waals surface area contributed by atoms with E-state index in [1.165, 1.54) is 0 Å². The molecule has 0 radical (unpaired) electrons. The molecule has 1 aliphatic carbocycles. The van der Waals surface area contributed by atoms with E-state index in [0.29, 0.717) is 24.5 Å². The Labute approximate surface area is 189 Å². The normalized spacial score (nSPS) is 24.0. The molecule has 0 aromatic heterocycles. The zero-order valence-corrected chi connectivity index (χ0v) is 19.1. The summed E-state index contributed by atoms with van der Waals surface area (Å²) < 4.78 is 5.12. The van der Waals surface area contributed by atoms with Crippen molar-refractivity contribution in [3.63, 3.8) is 0 Å². The first kappa shape index (κ1) is 23.3. The van der Waals surface area contributed by atoms with Crippen LogP contribution in [0.4, 0.5) is 0 Å². The van der Waals surface area contributed by atoms with Gasteiger partial charge in [-0.2, -0.15) is 0 Å². The first-order valence-electron chi connectivity index (χ1n) is 11.0. The summed E-state index contributed by atoms with van der Waals surface area (Å²) in [6, 6.07) is 6.74. The number of halogens is 1. The Bertz CT molecular complexity index is 836. The highest BCUT2D eigenvalue weighted by Crippen LogP contribution is 2.38. The number of carbonyl (C=O) groups is 3. The van der Waals surface area contributed by atoms with Gasteiger partial charge in [0, 0.05) is 18.1 Å². The lowest BCUT2D eigenvalue weighted by Gasteiger charge is -2.42. The second-order valence-corrected chi connectivity index (χ2v) is 9.05. The highest BCUT2D eigenvalue weighted by Gasteiger charge is 2.45. The van der Waals surface area contributed by atoms with Crippen LogP contribution in [0.2, 0.25) is 5.02 Å². The summed E-state index contributed by atoms with van der Waals surface area (Å²) in [6.07, 6.45) is 5.36. The van der Waals surface area contributed by atoms with Gasteiger partial charge in [-0.1, -0.05) is 49.7 Å². The molecular weight excluding hydrogens is 416 g/mol. The second kappa shape index (κ2) is 10.3. The minimum absolute atomic E-state index is 0.00654. The molecule has 0 bridgehead atoms. The van der Waals surface area contributed by atoms with Gasteiger partial charge in [-0.3, -0.25) is 9.59 Å². The Balaban J connectivity index is 1.74. The van der Waals surface area contributed by atoms with Gasteiger partial charge >= 0.3 is 5.97 Å². The van der Waals surface area contributed by atoms with Gasteiger partial charge < -0.3 is 15.0 Å². The third-order valence-electron chi connectivity index (χ3n) is 6.13. The molecule has 1 aromatic carbocycles. The van der Waals surface area contributed by atoms with Crippen LogP contribution < -0.4 is 5.32 Å². The second-order valence-electron chi connectivity index (χ2n) is 8.62. The summed E-state index contributed by atoms with van der Waals surface area (Å²) in [5.41, 5.74) is 1.01. The van der Waals surface area contributed by atoms with Crippen molar-refractivity contribution in [3.8, 4) is 0 Å². The Morgan fingerprint density at radius 2 is 1.97 bits per heavy atom. The number of likely N-dealkylation sites (tertiary alicyclic amines) is 1. The first-order valence-corrected chi connectivity index (χ1v) is 11.4. The van der Waals surface area contributed by atoms with Crippen LogP contribution in [-0.2, 0) is 25.7 Å². The molecule has 1 fully saturated rings. The fourth-order valence-electron chi connectivity index (χ4n) is 4.45. The zero-order chi connectivity index (χ0) is 22.5. The SMILES string of the molecule is CCOC(=O)[C@@H](NC(=O)[C@@H]1CC=C[C@@H]2CCN(Cc3ccc(Cl)cc3)C(=O)[C@@H]21)C(C)C. The van der Waals surface area contributed by atoms with Crippen molar-refractivity contribution < 1.29 is 19.1 Å². The van der Waals surface area contributed by atoms with Crippen LogP contribution in [-0.4, -0.2) is 41.9 Å². The summed E-state index contributed by atoms with van der Waals surface area (Å²) in [5, 5.41) is 3.52. The van der Waals surface area contributed by atoms with Crippen LogP contribution in [0.1, 0.15) is 39.2 Å². The van der Waals surface area contributed by atoms with Gasteiger partial charge in [-0.25, -0.2) is 4.79 Å². The number of nitrogens with zero attached hydrogens (tertiary/aromatic N) is 1. The summed E-state index contributed by atoms with van der Waals surface area (Å²) in [7, 11) is 0. The van der Waals surface area contributed by atoms with Crippen molar-refractivity contribution in [3.05, 3.63) is 47.0 Å². The van der Waals surface area contributed by atoms with Crippen LogP contribution in [0.5, 0.6) is 0 Å². The van der Waals surface area contributed by atoms with Gasteiger partial charge in [-0.05, 0) is 49.3 Å². The number of hydrogen-bond acceptors (Lipinski definition) is 4. The van der Waals surface area contributed by atoms with E-state index < -0.39 is 23.8 Å². The highest BCUT2D eigenvalue weighted by molar-refractivity contribution is 6.30. The Kier molecular flexibility index (Phi) is 7.76. The van der Waals surface area contributed by atoms with Crippen LogP contribution >= 0.6 is 11.6 Å². The quantitative estimate of drug-likeness (QED) is 0.513. The van der Waals surface area contributed by atoms with Crippen molar-refractivity contribution in [2.45, 2.75) is 46.2 Å². The van der Waals surface area contributed by atoms with Gasteiger partial charge in [0.1, 0.15) is 6.04 Å². The maximum atomic E-state index is 13.4. The lowest BCUT2D eigenvalue weighted by molar-refractivity contribution is -0.151. The Morgan fingerprint density at radius 3 is 2.61 bits per heavy atom. The van der Waals surface area contributed by atoms with E-state index in [1.807, 2.05) is 49.1 Å². The van der Waals surface area contributed by atoms with Gasteiger partial charge in [0.25, 0.3) is 0 Å². The number of rotatable bonds is 7. The molecule has 2 aliphatic rings. The zero-order valence-electron chi connectivity index (χ0n) is 18.3. The number of amides is 2. The van der Waals surface area contributed by atoms with Crippen molar-refractivity contribution in [2.75, 3.05) is 13.2 Å². The summed E-state index contributed by atoms with van der Waals surface area (Å²) in [4.78, 5) is 40.7. The summed E-state index contributed by atoms with van der Waals surface area (Å²) in [5.74, 6) is -1.68. The van der Waals surface area contributed by atoms with E-state index in [1.54, 1.807) is 6.92 Å².